The second kappa shape index (κ2) is 13.5. The third-order valence-electron chi connectivity index (χ3n) is 5.36. The topological polar surface area (TPSA) is 85.2 Å². The Bertz CT molecular complexity index is 854. The van der Waals surface area contributed by atoms with Crippen LogP contribution in [0.1, 0.15) is 17.2 Å². The molecule has 0 aliphatic carbocycles. The van der Waals surface area contributed by atoms with Gasteiger partial charge in [-0.2, -0.15) is 5.10 Å². The van der Waals surface area contributed by atoms with Gasteiger partial charge in [-0.1, -0.05) is 6.07 Å². The quantitative estimate of drug-likeness (QED) is 0.277. The lowest BCUT2D eigenvalue weighted by Crippen LogP contribution is -2.46. The first-order valence-electron chi connectivity index (χ1n) is 10.6. The maximum absolute atomic E-state index is 5.56. The highest BCUT2D eigenvalue weighted by molar-refractivity contribution is 14.0. The lowest BCUT2D eigenvalue weighted by Gasteiger charge is -2.35. The van der Waals surface area contributed by atoms with Crippen molar-refractivity contribution in [2.75, 3.05) is 60.7 Å². The van der Waals surface area contributed by atoms with Crippen LogP contribution in [0.3, 0.4) is 0 Å². The van der Waals surface area contributed by atoms with Gasteiger partial charge in [0.1, 0.15) is 0 Å². The smallest absolute Gasteiger partial charge is 0.191 e. The second-order valence-electron chi connectivity index (χ2n) is 7.44. The lowest BCUT2D eigenvalue weighted by molar-refractivity contribution is 0.0169. The van der Waals surface area contributed by atoms with E-state index in [-0.39, 0.29) is 30.0 Å². The average Bonchev–Trinajstić information content (AvgIpc) is 3.23. The van der Waals surface area contributed by atoms with Gasteiger partial charge in [0.25, 0.3) is 0 Å². The van der Waals surface area contributed by atoms with Gasteiger partial charge in [-0.25, -0.2) is 0 Å². The van der Waals surface area contributed by atoms with Crippen LogP contribution in [0.15, 0.2) is 35.6 Å². The van der Waals surface area contributed by atoms with Gasteiger partial charge < -0.3 is 24.8 Å². The Morgan fingerprint density at radius 3 is 2.56 bits per heavy atom. The number of aromatic nitrogens is 2. The molecule has 2 heterocycles. The Balaban J connectivity index is 0.00000363. The minimum Gasteiger partial charge on any atom is -0.493 e. The predicted molar refractivity (Wildman–Crippen MR) is 136 cm³/mol. The molecular weight excluding hydrogens is 523 g/mol. The summed E-state index contributed by atoms with van der Waals surface area (Å²) in [6.45, 7) is 7.49. The van der Waals surface area contributed by atoms with Gasteiger partial charge in [0, 0.05) is 39.4 Å². The first-order valence-corrected chi connectivity index (χ1v) is 10.6. The molecule has 0 radical (unpaired) electrons. The fourth-order valence-electron chi connectivity index (χ4n) is 3.70. The number of aryl methyl sites for hydroxylation is 1. The molecule has 1 fully saturated rings. The number of methoxy groups -OCH3 is 2. The normalized spacial score (nSPS) is 15.6. The van der Waals surface area contributed by atoms with Gasteiger partial charge in [0.15, 0.2) is 17.5 Å². The average molecular weight is 558 g/mol. The first-order chi connectivity index (χ1) is 15.1. The molecule has 3 rings (SSSR count). The molecular formula is C22H35IN6O3. The molecule has 1 aromatic heterocycles. The fraction of sp³-hybridized carbons (Fsp3) is 0.545. The molecule has 1 unspecified atom stereocenters. The van der Waals surface area contributed by atoms with Crippen LogP contribution in [0, 0.1) is 6.92 Å². The molecule has 1 aliphatic rings. The molecule has 1 aromatic carbocycles. The molecule has 1 atom stereocenters. The van der Waals surface area contributed by atoms with Crippen molar-refractivity contribution >= 4 is 29.9 Å². The molecule has 1 saturated heterocycles. The zero-order valence-electron chi connectivity index (χ0n) is 19.3. The third kappa shape index (κ3) is 7.24. The highest BCUT2D eigenvalue weighted by atomic mass is 127. The van der Waals surface area contributed by atoms with Crippen LogP contribution in [-0.2, 0) is 11.3 Å². The van der Waals surface area contributed by atoms with Crippen molar-refractivity contribution in [3.8, 4) is 11.5 Å². The number of halogens is 1. The molecule has 0 saturated carbocycles. The number of nitrogens with one attached hydrogen (secondary N) is 2. The van der Waals surface area contributed by atoms with Crippen LogP contribution in [0.5, 0.6) is 11.5 Å². The minimum absolute atomic E-state index is 0. The maximum atomic E-state index is 5.56. The molecule has 2 N–H and O–H groups in total. The summed E-state index contributed by atoms with van der Waals surface area (Å²) in [7, 11) is 5.10. The Morgan fingerprint density at radius 2 is 1.94 bits per heavy atom. The summed E-state index contributed by atoms with van der Waals surface area (Å²) in [4.78, 5) is 6.80. The van der Waals surface area contributed by atoms with E-state index in [2.05, 4.69) is 37.8 Å². The highest BCUT2D eigenvalue weighted by Crippen LogP contribution is 2.32. The number of hydrogen-bond acceptors (Lipinski definition) is 6. The van der Waals surface area contributed by atoms with Gasteiger partial charge in [0.2, 0.25) is 0 Å². The molecule has 2 aromatic rings. The van der Waals surface area contributed by atoms with Crippen LogP contribution in [-0.4, -0.2) is 81.3 Å². The van der Waals surface area contributed by atoms with Crippen molar-refractivity contribution in [2.45, 2.75) is 19.5 Å². The maximum Gasteiger partial charge on any atom is 0.191 e. The van der Waals surface area contributed by atoms with E-state index >= 15 is 0 Å². The number of morpholine rings is 1. The second-order valence-corrected chi connectivity index (χ2v) is 7.44. The summed E-state index contributed by atoms with van der Waals surface area (Å²) in [6, 6.07) is 6.26. The van der Waals surface area contributed by atoms with Crippen molar-refractivity contribution in [1.29, 1.82) is 0 Å². The van der Waals surface area contributed by atoms with Gasteiger partial charge in [-0.05, 0) is 30.2 Å². The SMILES string of the molecule is CN=C(NCCn1cc(C)cn1)NCC(c1ccc(OC)c(OC)c1)N1CCOCC1.I. The van der Waals surface area contributed by atoms with Crippen molar-refractivity contribution in [2.24, 2.45) is 4.99 Å². The summed E-state index contributed by atoms with van der Waals surface area (Å²) >= 11 is 0. The first kappa shape index (κ1) is 26.2. The Labute approximate surface area is 207 Å². The van der Waals surface area contributed by atoms with Crippen LogP contribution in [0.4, 0.5) is 0 Å². The van der Waals surface area contributed by atoms with Crippen molar-refractivity contribution < 1.29 is 14.2 Å². The van der Waals surface area contributed by atoms with E-state index in [4.69, 9.17) is 14.2 Å². The number of hydrogen-bond donors (Lipinski definition) is 2. The van der Waals surface area contributed by atoms with Crippen molar-refractivity contribution in [3.05, 3.63) is 41.7 Å². The van der Waals surface area contributed by atoms with Gasteiger partial charge in [0.05, 0.1) is 46.2 Å². The third-order valence-corrected chi connectivity index (χ3v) is 5.36. The fourth-order valence-corrected chi connectivity index (χ4v) is 3.70. The summed E-state index contributed by atoms with van der Waals surface area (Å²) in [5.41, 5.74) is 2.32. The molecule has 0 bridgehead atoms. The van der Waals surface area contributed by atoms with Gasteiger partial charge in [-0.3, -0.25) is 14.6 Å². The van der Waals surface area contributed by atoms with E-state index in [9.17, 15) is 0 Å². The molecule has 10 heteroatoms. The number of benzene rings is 1. The number of guanidine groups is 1. The van der Waals surface area contributed by atoms with E-state index in [0.717, 1.165) is 68.0 Å². The Kier molecular flexibility index (Phi) is 11.0. The van der Waals surface area contributed by atoms with Crippen molar-refractivity contribution in [1.82, 2.24) is 25.3 Å². The Morgan fingerprint density at radius 1 is 1.19 bits per heavy atom. The summed E-state index contributed by atoms with van der Waals surface area (Å²) in [5, 5.41) is 11.2. The van der Waals surface area contributed by atoms with Crippen molar-refractivity contribution in [3.63, 3.8) is 0 Å². The predicted octanol–water partition coefficient (Wildman–Crippen LogP) is 2.07. The zero-order chi connectivity index (χ0) is 22.1. The van der Waals surface area contributed by atoms with E-state index in [1.54, 1.807) is 21.3 Å². The lowest BCUT2D eigenvalue weighted by atomic mass is 10.0. The molecule has 178 valence electrons. The minimum atomic E-state index is 0. The number of rotatable bonds is 9. The summed E-state index contributed by atoms with van der Waals surface area (Å²) in [6.07, 6.45) is 3.90. The molecule has 0 spiro atoms. The monoisotopic (exact) mass is 558 g/mol. The summed E-state index contributed by atoms with van der Waals surface area (Å²) < 4.78 is 18.4. The standard InChI is InChI=1S/C22H34N6O3.HI/c1-17-14-26-28(16-17)8-7-24-22(23-2)25-15-19(27-9-11-31-12-10-27)18-5-6-20(29-3)21(13-18)30-4;/h5-6,13-14,16,19H,7-12,15H2,1-4H3,(H2,23,24,25);1H. The molecule has 9 nitrogen and oxygen atoms in total. The van der Waals surface area contributed by atoms with E-state index in [1.165, 1.54) is 0 Å². The van der Waals surface area contributed by atoms with E-state index in [0.29, 0.717) is 6.54 Å². The Hall–Kier alpha value is -2.05. The van der Waals surface area contributed by atoms with Crippen LogP contribution >= 0.6 is 24.0 Å². The van der Waals surface area contributed by atoms with E-state index < -0.39 is 0 Å². The molecule has 0 amide bonds. The van der Waals surface area contributed by atoms with Crippen LogP contribution < -0.4 is 20.1 Å². The number of nitrogens with zero attached hydrogens (tertiary/aromatic N) is 4. The van der Waals surface area contributed by atoms with Crippen LogP contribution in [0.25, 0.3) is 0 Å². The largest absolute Gasteiger partial charge is 0.493 e. The van der Waals surface area contributed by atoms with Gasteiger partial charge in [-0.15, -0.1) is 24.0 Å². The van der Waals surface area contributed by atoms with Crippen LogP contribution in [0.2, 0.25) is 0 Å². The number of aliphatic imine (C=N–C) groups is 1. The summed E-state index contributed by atoms with van der Waals surface area (Å²) in [5.74, 6) is 2.23. The molecule has 32 heavy (non-hydrogen) atoms. The van der Waals surface area contributed by atoms with E-state index in [1.807, 2.05) is 30.1 Å². The zero-order valence-corrected chi connectivity index (χ0v) is 21.7. The molecule has 1 aliphatic heterocycles. The number of ether oxygens (including phenoxy) is 3. The highest BCUT2D eigenvalue weighted by Gasteiger charge is 2.24. The van der Waals surface area contributed by atoms with Gasteiger partial charge >= 0.3 is 0 Å².